The minimum Gasteiger partial charge on any atom is -0.379 e. The summed E-state index contributed by atoms with van der Waals surface area (Å²) in [6.45, 7) is 3.94. The molecule has 1 heterocycles. The third kappa shape index (κ3) is 2.54. The van der Waals surface area contributed by atoms with E-state index in [4.69, 9.17) is 5.73 Å². The highest BCUT2D eigenvalue weighted by Crippen LogP contribution is 2.25. The molecule has 0 aliphatic carbocycles. The van der Waals surface area contributed by atoms with Crippen molar-refractivity contribution in [2.75, 3.05) is 11.9 Å². The standard InChI is InChI=1S/C18H15N3O3/c1-11(10-20-15-9-5-4-8-14(15)16(19)22)21-17(23)12-6-2-3-7-13(12)18(21)24/h2-9,20H,1,10H2,(H2,19,22). The van der Waals surface area contributed by atoms with Crippen LogP contribution in [0.25, 0.3) is 0 Å². The first-order valence-corrected chi connectivity index (χ1v) is 7.29. The third-order valence-corrected chi connectivity index (χ3v) is 3.79. The predicted octanol–water partition coefficient (Wildman–Crippen LogP) is 2.01. The molecule has 24 heavy (non-hydrogen) atoms. The van der Waals surface area contributed by atoms with Gasteiger partial charge in [0.1, 0.15) is 0 Å². The van der Waals surface area contributed by atoms with Crippen molar-refractivity contribution in [2.45, 2.75) is 0 Å². The van der Waals surface area contributed by atoms with Gasteiger partial charge >= 0.3 is 0 Å². The largest absolute Gasteiger partial charge is 0.379 e. The zero-order chi connectivity index (χ0) is 17.3. The summed E-state index contributed by atoms with van der Waals surface area (Å²) in [5, 5.41) is 2.99. The summed E-state index contributed by atoms with van der Waals surface area (Å²) in [7, 11) is 0. The summed E-state index contributed by atoms with van der Waals surface area (Å²) >= 11 is 0. The molecule has 120 valence electrons. The molecule has 1 aliphatic rings. The number of amides is 3. The fourth-order valence-electron chi connectivity index (χ4n) is 2.60. The van der Waals surface area contributed by atoms with Crippen LogP contribution in [0.1, 0.15) is 31.1 Å². The van der Waals surface area contributed by atoms with E-state index < -0.39 is 17.7 Å². The van der Waals surface area contributed by atoms with Crippen LogP contribution >= 0.6 is 0 Å². The second-order valence-corrected chi connectivity index (χ2v) is 5.32. The highest BCUT2D eigenvalue weighted by Gasteiger charge is 2.36. The minimum atomic E-state index is -0.565. The monoisotopic (exact) mass is 321 g/mol. The lowest BCUT2D eigenvalue weighted by atomic mass is 10.1. The molecule has 0 atom stereocenters. The Morgan fingerprint density at radius 1 is 1.00 bits per heavy atom. The SMILES string of the molecule is C=C(CNc1ccccc1C(N)=O)N1C(=O)c2ccccc2C1=O. The molecule has 1 aliphatic heterocycles. The van der Waals surface area contributed by atoms with Crippen molar-refractivity contribution in [2.24, 2.45) is 5.73 Å². The van der Waals surface area contributed by atoms with E-state index in [1.54, 1.807) is 48.5 Å². The van der Waals surface area contributed by atoms with Crippen LogP contribution in [0.5, 0.6) is 0 Å². The molecular formula is C18H15N3O3. The number of nitrogens with one attached hydrogen (secondary N) is 1. The number of benzene rings is 2. The zero-order valence-electron chi connectivity index (χ0n) is 12.8. The molecule has 2 aromatic rings. The fraction of sp³-hybridized carbons (Fsp3) is 0.0556. The summed E-state index contributed by atoms with van der Waals surface area (Å²) in [5.74, 6) is -1.36. The van der Waals surface area contributed by atoms with Gasteiger partial charge in [-0.2, -0.15) is 0 Å². The van der Waals surface area contributed by atoms with Gasteiger partial charge in [-0.25, -0.2) is 4.90 Å². The van der Waals surface area contributed by atoms with Gasteiger partial charge in [-0.1, -0.05) is 30.8 Å². The maximum Gasteiger partial charge on any atom is 0.265 e. The number of anilines is 1. The van der Waals surface area contributed by atoms with Gasteiger partial charge in [-0.05, 0) is 24.3 Å². The van der Waals surface area contributed by atoms with Crippen LogP contribution in [0.3, 0.4) is 0 Å². The molecular weight excluding hydrogens is 306 g/mol. The van der Waals surface area contributed by atoms with Gasteiger partial charge in [0.25, 0.3) is 17.7 Å². The van der Waals surface area contributed by atoms with Crippen LogP contribution in [0.2, 0.25) is 0 Å². The van der Waals surface area contributed by atoms with E-state index in [1.165, 1.54) is 0 Å². The first kappa shape index (κ1) is 15.5. The molecule has 0 radical (unpaired) electrons. The number of primary amides is 1. The Morgan fingerprint density at radius 3 is 2.12 bits per heavy atom. The predicted molar refractivity (Wildman–Crippen MR) is 89.5 cm³/mol. The molecule has 0 unspecified atom stereocenters. The average Bonchev–Trinajstić information content (AvgIpc) is 2.84. The number of carbonyl (C=O) groups is 3. The number of imide groups is 1. The topological polar surface area (TPSA) is 92.5 Å². The van der Waals surface area contributed by atoms with Crippen LogP contribution < -0.4 is 11.1 Å². The van der Waals surface area contributed by atoms with Crippen molar-refractivity contribution >= 4 is 23.4 Å². The zero-order valence-corrected chi connectivity index (χ0v) is 12.8. The summed E-state index contributed by atoms with van der Waals surface area (Å²) in [6, 6.07) is 13.4. The van der Waals surface area contributed by atoms with Crippen molar-refractivity contribution in [1.29, 1.82) is 0 Å². The van der Waals surface area contributed by atoms with Crippen LogP contribution in [0, 0.1) is 0 Å². The van der Waals surface area contributed by atoms with Gasteiger partial charge in [0, 0.05) is 11.4 Å². The van der Waals surface area contributed by atoms with Crippen LogP contribution in [0.4, 0.5) is 5.69 Å². The molecule has 0 aromatic heterocycles. The lowest BCUT2D eigenvalue weighted by molar-refractivity contribution is 0.0703. The van der Waals surface area contributed by atoms with Gasteiger partial charge in [-0.15, -0.1) is 0 Å². The Morgan fingerprint density at radius 2 is 1.54 bits per heavy atom. The molecule has 0 saturated carbocycles. The highest BCUT2D eigenvalue weighted by molar-refractivity contribution is 6.22. The summed E-state index contributed by atoms with van der Waals surface area (Å²) < 4.78 is 0. The van der Waals surface area contributed by atoms with E-state index >= 15 is 0 Å². The molecule has 3 N–H and O–H groups in total. The van der Waals surface area contributed by atoms with Gasteiger partial charge in [-0.3, -0.25) is 14.4 Å². The maximum atomic E-state index is 12.4. The van der Waals surface area contributed by atoms with E-state index in [-0.39, 0.29) is 6.54 Å². The smallest absolute Gasteiger partial charge is 0.265 e. The Kier molecular flexibility index (Phi) is 3.87. The molecule has 0 fully saturated rings. The lowest BCUT2D eigenvalue weighted by Crippen LogP contribution is -2.31. The number of hydrogen-bond donors (Lipinski definition) is 2. The van der Waals surface area contributed by atoms with Crippen molar-refractivity contribution in [3.05, 3.63) is 77.5 Å². The molecule has 0 saturated heterocycles. The molecule has 0 bridgehead atoms. The number of fused-ring (bicyclic) bond motifs is 1. The summed E-state index contributed by atoms with van der Waals surface area (Å²) in [4.78, 5) is 37.2. The van der Waals surface area contributed by atoms with Crippen molar-refractivity contribution < 1.29 is 14.4 Å². The van der Waals surface area contributed by atoms with E-state index in [9.17, 15) is 14.4 Å². The van der Waals surface area contributed by atoms with Gasteiger partial charge < -0.3 is 11.1 Å². The molecule has 6 nitrogen and oxygen atoms in total. The van der Waals surface area contributed by atoms with E-state index in [0.717, 1.165) is 4.90 Å². The first-order valence-electron chi connectivity index (χ1n) is 7.29. The van der Waals surface area contributed by atoms with Crippen molar-refractivity contribution in [3.8, 4) is 0 Å². The number of hydrogen-bond acceptors (Lipinski definition) is 4. The number of nitrogens with two attached hydrogens (primary N) is 1. The molecule has 0 spiro atoms. The van der Waals surface area contributed by atoms with Gasteiger partial charge in [0.2, 0.25) is 0 Å². The Hall–Kier alpha value is -3.41. The minimum absolute atomic E-state index is 0.121. The normalized spacial score (nSPS) is 12.9. The number of nitrogens with zero attached hydrogens (tertiary/aromatic N) is 1. The van der Waals surface area contributed by atoms with Gasteiger partial charge in [0.15, 0.2) is 0 Å². The second-order valence-electron chi connectivity index (χ2n) is 5.32. The first-order chi connectivity index (χ1) is 11.5. The van der Waals surface area contributed by atoms with Crippen LogP contribution in [-0.2, 0) is 0 Å². The van der Waals surface area contributed by atoms with Gasteiger partial charge in [0.05, 0.1) is 23.2 Å². The third-order valence-electron chi connectivity index (χ3n) is 3.79. The van der Waals surface area contributed by atoms with Crippen LogP contribution in [0.15, 0.2) is 60.8 Å². The maximum absolute atomic E-state index is 12.4. The second kappa shape index (κ2) is 6.00. The number of carbonyl (C=O) groups excluding carboxylic acids is 3. The summed E-state index contributed by atoms with van der Waals surface area (Å²) in [5.41, 5.74) is 7.18. The summed E-state index contributed by atoms with van der Waals surface area (Å²) in [6.07, 6.45) is 0. The van der Waals surface area contributed by atoms with E-state index in [1.807, 2.05) is 0 Å². The molecule has 3 amide bonds. The highest BCUT2D eigenvalue weighted by atomic mass is 16.2. The Bertz CT molecular complexity index is 838. The Balaban J connectivity index is 1.77. The van der Waals surface area contributed by atoms with E-state index in [2.05, 4.69) is 11.9 Å². The van der Waals surface area contributed by atoms with Crippen molar-refractivity contribution in [1.82, 2.24) is 4.90 Å². The quantitative estimate of drug-likeness (QED) is 0.824. The fourth-order valence-corrected chi connectivity index (χ4v) is 2.60. The average molecular weight is 321 g/mol. The molecule has 6 heteroatoms. The molecule has 2 aromatic carbocycles. The molecule has 3 rings (SSSR count). The number of rotatable bonds is 5. The number of para-hydroxylation sites is 1. The lowest BCUT2D eigenvalue weighted by Gasteiger charge is -2.18. The Labute approximate surface area is 138 Å². The van der Waals surface area contributed by atoms with Crippen LogP contribution in [-0.4, -0.2) is 29.2 Å². The van der Waals surface area contributed by atoms with Crippen molar-refractivity contribution in [3.63, 3.8) is 0 Å². The van der Waals surface area contributed by atoms with E-state index in [0.29, 0.717) is 28.1 Å².